The van der Waals surface area contributed by atoms with Crippen molar-refractivity contribution in [2.75, 3.05) is 0 Å². The van der Waals surface area contributed by atoms with Crippen molar-refractivity contribution in [3.63, 3.8) is 0 Å². The molecule has 2 aromatic carbocycles. The van der Waals surface area contributed by atoms with Crippen LogP contribution in [0.25, 0.3) is 10.6 Å². The highest BCUT2D eigenvalue weighted by atomic mass is 79.9. The van der Waals surface area contributed by atoms with Crippen molar-refractivity contribution in [3.8, 4) is 10.6 Å². The van der Waals surface area contributed by atoms with Crippen LogP contribution in [0.1, 0.15) is 19.3 Å². The molecular formula is C20H14BBrF2N2O4S2. The fraction of sp³-hybridized carbons (Fsp3) is 0. The topological polar surface area (TPSA) is 100 Å². The maximum absolute atomic E-state index is 12.8. The van der Waals surface area contributed by atoms with E-state index in [0.717, 1.165) is 22.6 Å². The second-order valence-electron chi connectivity index (χ2n) is 5.76. The third-order valence-electron chi connectivity index (χ3n) is 3.47. The van der Waals surface area contributed by atoms with Gasteiger partial charge < -0.3 is 10.0 Å². The number of hydrogen-bond donors (Lipinski definition) is 2. The van der Waals surface area contributed by atoms with Crippen LogP contribution in [0.5, 0.6) is 0 Å². The molecule has 12 heteroatoms. The average molecular weight is 539 g/mol. The highest BCUT2D eigenvalue weighted by molar-refractivity contribution is 9.11. The van der Waals surface area contributed by atoms with Gasteiger partial charge >= 0.3 is 7.12 Å². The van der Waals surface area contributed by atoms with Crippen molar-refractivity contribution < 1.29 is 28.4 Å². The quantitative estimate of drug-likeness (QED) is 0.301. The summed E-state index contributed by atoms with van der Waals surface area (Å²) < 4.78 is 25.9. The van der Waals surface area contributed by atoms with Crippen LogP contribution < -0.4 is 5.46 Å². The van der Waals surface area contributed by atoms with Crippen LogP contribution in [0.4, 0.5) is 8.78 Å². The number of nitrogens with zero attached hydrogens (tertiary/aromatic N) is 2. The largest absolute Gasteiger partial charge is 0.488 e. The van der Waals surface area contributed by atoms with Gasteiger partial charge in [-0.25, -0.2) is 18.7 Å². The summed E-state index contributed by atoms with van der Waals surface area (Å²) in [6, 6.07) is 11.3. The molecule has 0 aliphatic rings. The Balaban J connectivity index is 0.000000178. The number of aldehydes is 2. The summed E-state index contributed by atoms with van der Waals surface area (Å²) in [6.45, 7) is 0. The van der Waals surface area contributed by atoms with E-state index in [-0.39, 0.29) is 11.3 Å². The number of hydrogen-bond acceptors (Lipinski definition) is 8. The van der Waals surface area contributed by atoms with Crippen LogP contribution in [0, 0.1) is 11.6 Å². The second-order valence-corrected chi connectivity index (χ2v) is 9.16. The molecule has 164 valence electrons. The van der Waals surface area contributed by atoms with Gasteiger partial charge in [0.05, 0.1) is 9.75 Å². The Hall–Kier alpha value is -2.64. The summed E-state index contributed by atoms with van der Waals surface area (Å²) in [5.74, 6) is -0.768. The summed E-state index contributed by atoms with van der Waals surface area (Å²) in [5, 5.41) is 17.7. The lowest BCUT2D eigenvalue weighted by Crippen LogP contribution is -2.29. The molecule has 4 aromatic rings. The third-order valence-corrected chi connectivity index (χ3v) is 5.84. The highest BCUT2D eigenvalue weighted by Crippen LogP contribution is 2.24. The van der Waals surface area contributed by atoms with Crippen molar-refractivity contribution in [1.29, 1.82) is 0 Å². The summed E-state index contributed by atoms with van der Waals surface area (Å²) in [5.41, 5.74) is 0.864. The molecule has 32 heavy (non-hydrogen) atoms. The number of aromatic nitrogens is 2. The predicted molar refractivity (Wildman–Crippen MR) is 124 cm³/mol. The van der Waals surface area contributed by atoms with Gasteiger partial charge in [-0.05, 0) is 45.7 Å². The first-order valence-electron chi connectivity index (χ1n) is 8.67. The lowest BCUT2D eigenvalue weighted by molar-refractivity contribution is 0.111. The minimum atomic E-state index is -1.59. The van der Waals surface area contributed by atoms with E-state index in [9.17, 15) is 18.4 Å². The average Bonchev–Trinajstić information content (AvgIpc) is 3.43. The Labute approximate surface area is 198 Å². The Kier molecular flexibility index (Phi) is 10.4. The molecule has 0 amide bonds. The molecule has 2 heterocycles. The van der Waals surface area contributed by atoms with Crippen LogP contribution in [0.2, 0.25) is 0 Å². The Morgan fingerprint density at radius 3 is 1.91 bits per heavy atom. The smallest absolute Gasteiger partial charge is 0.423 e. The molecule has 6 nitrogen and oxygen atoms in total. The normalized spacial score (nSPS) is 9.66. The van der Waals surface area contributed by atoms with Crippen LogP contribution in [-0.4, -0.2) is 39.7 Å². The molecule has 0 fully saturated rings. The van der Waals surface area contributed by atoms with Gasteiger partial charge in [0, 0.05) is 18.0 Å². The van der Waals surface area contributed by atoms with E-state index in [1.807, 2.05) is 0 Å². The van der Waals surface area contributed by atoms with Crippen molar-refractivity contribution in [3.05, 3.63) is 86.2 Å². The van der Waals surface area contributed by atoms with E-state index in [4.69, 9.17) is 10.0 Å². The predicted octanol–water partition coefficient (Wildman–Crippen LogP) is 3.99. The minimum absolute atomic E-state index is 0.167. The first kappa shape index (κ1) is 25.6. The molecule has 0 aliphatic carbocycles. The van der Waals surface area contributed by atoms with Gasteiger partial charge in [-0.2, -0.15) is 0 Å². The fourth-order valence-electron chi connectivity index (χ4n) is 2.08. The minimum Gasteiger partial charge on any atom is -0.423 e. The maximum Gasteiger partial charge on any atom is 0.488 e. The molecule has 0 aliphatic heterocycles. The molecule has 0 radical (unpaired) electrons. The second kappa shape index (κ2) is 13.0. The molecule has 0 saturated carbocycles. The van der Waals surface area contributed by atoms with Gasteiger partial charge in [-0.3, -0.25) is 9.59 Å². The lowest BCUT2D eigenvalue weighted by atomic mass is 9.80. The van der Waals surface area contributed by atoms with Gasteiger partial charge in [0.2, 0.25) is 0 Å². The Morgan fingerprint density at radius 1 is 0.875 bits per heavy atom. The highest BCUT2D eigenvalue weighted by Gasteiger charge is 2.10. The van der Waals surface area contributed by atoms with Crippen molar-refractivity contribution in [1.82, 2.24) is 9.97 Å². The number of thiazole rings is 2. The van der Waals surface area contributed by atoms with E-state index in [2.05, 4.69) is 25.9 Å². The van der Waals surface area contributed by atoms with E-state index >= 15 is 0 Å². The van der Waals surface area contributed by atoms with Gasteiger partial charge in [0.15, 0.2) is 16.5 Å². The first-order chi connectivity index (χ1) is 15.3. The molecule has 2 aromatic heterocycles. The van der Waals surface area contributed by atoms with Crippen LogP contribution in [-0.2, 0) is 0 Å². The third kappa shape index (κ3) is 8.48. The first-order valence-corrected chi connectivity index (χ1v) is 11.1. The van der Waals surface area contributed by atoms with Gasteiger partial charge in [-0.15, -0.1) is 22.7 Å². The molecule has 0 unspecified atom stereocenters. The molecule has 2 N–H and O–H groups in total. The Morgan fingerprint density at radius 2 is 1.47 bits per heavy atom. The number of carbonyl (C=O) groups excluding carboxylic acids is 2. The van der Waals surface area contributed by atoms with Gasteiger partial charge in [-0.1, -0.05) is 24.3 Å². The van der Waals surface area contributed by atoms with Crippen molar-refractivity contribution >= 4 is 63.8 Å². The van der Waals surface area contributed by atoms with E-state index in [0.29, 0.717) is 20.3 Å². The zero-order valence-corrected chi connectivity index (χ0v) is 19.3. The number of rotatable bonds is 4. The van der Waals surface area contributed by atoms with Gasteiger partial charge in [0.1, 0.15) is 16.6 Å². The van der Waals surface area contributed by atoms with Crippen molar-refractivity contribution in [2.24, 2.45) is 0 Å². The number of benzene rings is 2. The molecular weight excluding hydrogens is 525 g/mol. The molecule has 0 atom stereocenters. The van der Waals surface area contributed by atoms with Crippen LogP contribution in [0.3, 0.4) is 0 Å². The van der Waals surface area contributed by atoms with Crippen LogP contribution >= 0.6 is 38.6 Å². The van der Waals surface area contributed by atoms with E-state index in [1.165, 1.54) is 65.4 Å². The monoisotopic (exact) mass is 538 g/mol. The maximum atomic E-state index is 12.8. The molecule has 4 rings (SSSR count). The van der Waals surface area contributed by atoms with Crippen LogP contribution in [0.15, 0.2) is 64.8 Å². The molecule has 0 spiro atoms. The summed E-state index contributed by atoms with van der Waals surface area (Å²) >= 11 is 5.70. The van der Waals surface area contributed by atoms with E-state index in [1.54, 1.807) is 12.1 Å². The SMILES string of the molecule is O=Cc1cnc(-c2cccc(F)c2)s1.O=Cc1cnc(Br)s1.OB(O)c1cccc(F)c1. The van der Waals surface area contributed by atoms with E-state index < -0.39 is 12.9 Å². The zero-order valence-electron chi connectivity index (χ0n) is 16.1. The summed E-state index contributed by atoms with van der Waals surface area (Å²) in [4.78, 5) is 29.4. The summed E-state index contributed by atoms with van der Waals surface area (Å²) in [7, 11) is -1.59. The summed E-state index contributed by atoms with van der Waals surface area (Å²) in [6.07, 6.45) is 4.53. The standard InChI is InChI=1S/C10H6FNOS.C6H6BFO2.C4H2BrNOS/c11-8-3-1-2-7(4-8)10-12-5-9(6-13)14-10;8-6-3-1-2-5(4-6)7(9)10;5-4-6-1-3(2-7)8-4/h1-6H;1-4,9-10H;1-2H. The fourth-order valence-corrected chi connectivity index (χ4v) is 3.93. The number of carbonyl (C=O) groups is 2. The molecule has 0 bridgehead atoms. The lowest BCUT2D eigenvalue weighted by Gasteiger charge is -1.96. The number of halogens is 3. The van der Waals surface area contributed by atoms with Crippen molar-refractivity contribution in [2.45, 2.75) is 0 Å². The van der Waals surface area contributed by atoms with Gasteiger partial charge in [0.25, 0.3) is 0 Å². The zero-order chi connectivity index (χ0) is 23.5. The Bertz CT molecular complexity index is 1170. The molecule has 0 saturated heterocycles.